The van der Waals surface area contributed by atoms with Crippen molar-refractivity contribution < 1.29 is 14.6 Å². The van der Waals surface area contributed by atoms with E-state index in [0.717, 1.165) is 25.7 Å². The molecule has 0 amide bonds. The highest BCUT2D eigenvalue weighted by molar-refractivity contribution is 5.64. The molecule has 8 heteroatoms. The van der Waals surface area contributed by atoms with Crippen molar-refractivity contribution in [3.8, 4) is 0 Å². The van der Waals surface area contributed by atoms with Gasteiger partial charge in [-0.3, -0.25) is 25.1 Å². The van der Waals surface area contributed by atoms with Crippen molar-refractivity contribution in [2.75, 3.05) is 6.54 Å². The van der Waals surface area contributed by atoms with Crippen LogP contribution in [0, 0.1) is 26.1 Å². The molecule has 0 saturated carbocycles. The molecule has 2 aromatic rings. The lowest BCUT2D eigenvalue weighted by Crippen LogP contribution is -2.32. The van der Waals surface area contributed by atoms with Gasteiger partial charge in [0.1, 0.15) is 6.29 Å². The Balaban J connectivity index is 1.79. The number of fused-ring (bicyclic) bond motifs is 1. The van der Waals surface area contributed by atoms with E-state index in [1.165, 1.54) is 12.1 Å². The van der Waals surface area contributed by atoms with Crippen molar-refractivity contribution in [1.29, 1.82) is 0 Å². The quantitative estimate of drug-likeness (QED) is 0.408. The fourth-order valence-electron chi connectivity index (χ4n) is 5.00. The van der Waals surface area contributed by atoms with Gasteiger partial charge in [-0.05, 0) is 25.5 Å². The number of carbonyl (C=O) groups excluding carboxylic acids is 1. The Morgan fingerprint density at radius 2 is 1.63 bits per heavy atom. The summed E-state index contributed by atoms with van der Waals surface area (Å²) in [6, 6.07) is 12.8. The van der Waals surface area contributed by atoms with Gasteiger partial charge < -0.3 is 4.79 Å². The maximum absolute atomic E-state index is 12.1. The molecule has 0 N–H and O–H groups in total. The van der Waals surface area contributed by atoms with E-state index in [0.29, 0.717) is 11.1 Å². The molecular weight excluding hydrogens is 386 g/mol. The molecule has 30 heavy (non-hydrogen) atoms. The number of carbonyl (C=O) groups is 1. The largest absolute Gasteiger partial charge is 0.303 e. The molecule has 0 unspecified atom stereocenters. The average molecular weight is 407 g/mol. The molecule has 8 nitrogen and oxygen atoms in total. The number of nitro benzene ring substituents is 2. The van der Waals surface area contributed by atoms with Gasteiger partial charge in [0.2, 0.25) is 0 Å². The highest BCUT2D eigenvalue weighted by atomic mass is 16.6. The zero-order valence-electron chi connectivity index (χ0n) is 16.2. The molecule has 4 atom stereocenters. The summed E-state index contributed by atoms with van der Waals surface area (Å²) in [6.45, 7) is 0.790. The molecule has 2 saturated heterocycles. The summed E-state index contributed by atoms with van der Waals surface area (Å²) in [5.41, 5.74) is 0.999. The van der Waals surface area contributed by atoms with Gasteiger partial charge in [-0.2, -0.15) is 0 Å². The number of nitrogens with zero attached hydrogens (tertiary/aromatic N) is 3. The lowest BCUT2D eigenvalue weighted by atomic mass is 9.80. The van der Waals surface area contributed by atoms with Crippen LogP contribution in [0.2, 0.25) is 0 Å². The fraction of sp³-hybridized carbons (Fsp3) is 0.318. The molecule has 0 aromatic heterocycles. The Morgan fingerprint density at radius 1 is 0.967 bits per heavy atom. The molecule has 0 aliphatic carbocycles. The Kier molecular flexibility index (Phi) is 5.41. The van der Waals surface area contributed by atoms with Gasteiger partial charge >= 0.3 is 0 Å². The van der Waals surface area contributed by atoms with Gasteiger partial charge in [0.25, 0.3) is 11.4 Å². The van der Waals surface area contributed by atoms with E-state index in [1.807, 2.05) is 6.08 Å². The normalized spacial score (nSPS) is 26.0. The topological polar surface area (TPSA) is 107 Å². The summed E-state index contributed by atoms with van der Waals surface area (Å²) < 4.78 is 0. The maximum Gasteiger partial charge on any atom is 0.276 e. The minimum Gasteiger partial charge on any atom is -0.303 e. The van der Waals surface area contributed by atoms with Crippen molar-refractivity contribution in [2.45, 2.75) is 30.8 Å². The summed E-state index contributed by atoms with van der Waals surface area (Å²) in [5, 5.41) is 23.0. The van der Waals surface area contributed by atoms with Crippen LogP contribution in [0.4, 0.5) is 11.4 Å². The van der Waals surface area contributed by atoms with E-state index in [9.17, 15) is 25.0 Å². The number of benzene rings is 2. The molecule has 2 aliphatic heterocycles. The van der Waals surface area contributed by atoms with Crippen LogP contribution in [-0.2, 0) is 4.79 Å². The summed E-state index contributed by atoms with van der Waals surface area (Å²) in [5.74, 6) is -0.748. The van der Waals surface area contributed by atoms with Crippen molar-refractivity contribution >= 4 is 23.7 Å². The van der Waals surface area contributed by atoms with E-state index < -0.39 is 9.85 Å². The zero-order valence-corrected chi connectivity index (χ0v) is 16.2. The van der Waals surface area contributed by atoms with E-state index in [1.54, 1.807) is 42.5 Å². The Labute approximate surface area is 173 Å². The second-order valence-corrected chi connectivity index (χ2v) is 7.67. The number of hydrogen-bond donors (Lipinski definition) is 0. The summed E-state index contributed by atoms with van der Waals surface area (Å²) in [6.07, 6.45) is 6.30. The van der Waals surface area contributed by atoms with Gasteiger partial charge in [-0.1, -0.05) is 42.5 Å². The molecule has 0 bridgehead atoms. The summed E-state index contributed by atoms with van der Waals surface area (Å²) in [4.78, 5) is 36.4. The summed E-state index contributed by atoms with van der Waals surface area (Å²) in [7, 11) is 0. The Bertz CT molecular complexity index is 1020. The number of nitro groups is 2. The van der Waals surface area contributed by atoms with Crippen molar-refractivity contribution in [2.24, 2.45) is 5.92 Å². The first-order valence-electron chi connectivity index (χ1n) is 9.89. The molecule has 154 valence electrons. The lowest BCUT2D eigenvalue weighted by Gasteiger charge is -2.24. The third-order valence-corrected chi connectivity index (χ3v) is 6.21. The predicted octanol–water partition coefficient (Wildman–Crippen LogP) is 3.96. The van der Waals surface area contributed by atoms with Gasteiger partial charge in [-0.25, -0.2) is 0 Å². The SMILES string of the molecule is O=C[C@H]1[C@H](c2ccccc2[N+](=O)[O-])[C@@H](/C=C/c2ccccc2[N+](=O)[O-])N2CCC[C@H]12. The van der Waals surface area contributed by atoms with E-state index in [-0.39, 0.29) is 35.3 Å². The van der Waals surface area contributed by atoms with Crippen LogP contribution in [0.25, 0.3) is 6.08 Å². The highest BCUT2D eigenvalue weighted by Gasteiger charge is 2.51. The van der Waals surface area contributed by atoms with Gasteiger partial charge in [0.05, 0.1) is 15.4 Å². The second-order valence-electron chi connectivity index (χ2n) is 7.67. The van der Waals surface area contributed by atoms with Crippen LogP contribution >= 0.6 is 0 Å². The zero-order chi connectivity index (χ0) is 21.3. The van der Waals surface area contributed by atoms with Crippen LogP contribution in [0.3, 0.4) is 0 Å². The first kappa shape index (κ1) is 19.9. The smallest absolute Gasteiger partial charge is 0.276 e. The van der Waals surface area contributed by atoms with E-state index >= 15 is 0 Å². The highest BCUT2D eigenvalue weighted by Crippen LogP contribution is 2.48. The molecule has 4 rings (SSSR count). The first-order chi connectivity index (χ1) is 14.5. The molecule has 0 spiro atoms. The van der Waals surface area contributed by atoms with Crippen LogP contribution in [0.15, 0.2) is 54.6 Å². The number of aldehydes is 1. The van der Waals surface area contributed by atoms with Crippen LogP contribution in [0.5, 0.6) is 0 Å². The Hall–Kier alpha value is -3.39. The predicted molar refractivity (Wildman–Crippen MR) is 111 cm³/mol. The number of rotatable bonds is 6. The molecule has 2 heterocycles. The molecule has 2 aromatic carbocycles. The van der Waals surface area contributed by atoms with Gasteiger partial charge in [0.15, 0.2) is 0 Å². The maximum atomic E-state index is 12.1. The monoisotopic (exact) mass is 407 g/mol. The van der Waals surface area contributed by atoms with E-state index in [4.69, 9.17) is 0 Å². The number of hydrogen-bond acceptors (Lipinski definition) is 6. The van der Waals surface area contributed by atoms with Gasteiger partial charge in [-0.15, -0.1) is 0 Å². The minimum atomic E-state index is -0.430. The van der Waals surface area contributed by atoms with Gasteiger partial charge in [0, 0.05) is 41.6 Å². The van der Waals surface area contributed by atoms with Crippen LogP contribution in [0.1, 0.15) is 29.9 Å². The third-order valence-electron chi connectivity index (χ3n) is 6.21. The molecule has 0 radical (unpaired) electrons. The lowest BCUT2D eigenvalue weighted by molar-refractivity contribution is -0.385. The van der Waals surface area contributed by atoms with Crippen LogP contribution in [-0.4, -0.2) is 39.7 Å². The Morgan fingerprint density at radius 3 is 2.33 bits per heavy atom. The van der Waals surface area contributed by atoms with Crippen molar-refractivity contribution in [1.82, 2.24) is 4.90 Å². The van der Waals surface area contributed by atoms with E-state index in [2.05, 4.69) is 4.90 Å². The molecule has 2 fully saturated rings. The summed E-state index contributed by atoms with van der Waals surface area (Å²) >= 11 is 0. The minimum absolute atomic E-state index is 0.000356. The number of para-hydroxylation sites is 2. The van der Waals surface area contributed by atoms with Crippen molar-refractivity contribution in [3.63, 3.8) is 0 Å². The molecular formula is C22H21N3O5. The first-order valence-corrected chi connectivity index (χ1v) is 9.89. The average Bonchev–Trinajstić information content (AvgIpc) is 3.32. The van der Waals surface area contributed by atoms with Crippen LogP contribution < -0.4 is 0 Å². The second kappa shape index (κ2) is 8.16. The molecule has 2 aliphatic rings. The van der Waals surface area contributed by atoms with Crippen molar-refractivity contribution in [3.05, 3.63) is 86.0 Å². The fourth-order valence-corrected chi connectivity index (χ4v) is 5.00. The third kappa shape index (κ3) is 3.39. The standard InChI is InChI=1S/C22H21N3O5/c26-14-17-19-10-5-13-23(19)21(12-11-15-6-1-3-8-18(15)24(27)28)22(17)16-7-2-4-9-20(16)25(29)30/h1-4,6-9,11-12,14,17,19,21-22H,5,10,13H2/b12-11+/t17-,19-,21-,22+/m1/s1.